The smallest absolute Gasteiger partial charge is 0.306 e. The highest BCUT2D eigenvalue weighted by Gasteiger charge is 2.52. The minimum absolute atomic E-state index is 0.00148. The van der Waals surface area contributed by atoms with Gasteiger partial charge in [-0.25, -0.2) is 0 Å². The molecule has 0 aromatic carbocycles. The molecule has 4 aliphatic heterocycles. The Hall–Kier alpha value is -1.14. The number of fused-ring (bicyclic) bond motifs is 2. The number of quaternary nitrogens is 2. The zero-order chi connectivity index (χ0) is 30.0. The number of nitrogens with zero attached hydrogens (tertiary/aromatic N) is 2. The van der Waals surface area contributed by atoms with Crippen LogP contribution in [0.3, 0.4) is 0 Å². The van der Waals surface area contributed by atoms with E-state index in [-0.39, 0.29) is 11.9 Å². The number of unbranched alkanes of at least 4 members (excludes halogenated alkanes) is 7. The number of rotatable bonds is 19. The number of carbonyl (C=O) groups is 2. The first-order valence-electron chi connectivity index (χ1n) is 18.3. The molecule has 0 aromatic rings. The Balaban J connectivity index is 1.03. The maximum absolute atomic E-state index is 12.1. The van der Waals surface area contributed by atoms with Crippen molar-refractivity contribution in [1.29, 1.82) is 0 Å². The van der Waals surface area contributed by atoms with Crippen LogP contribution in [0, 0.1) is 23.7 Å². The third-order valence-electron chi connectivity index (χ3n) is 11.6. The van der Waals surface area contributed by atoms with Crippen LogP contribution < -0.4 is 0 Å². The molecule has 0 bridgehead atoms. The van der Waals surface area contributed by atoms with Gasteiger partial charge in [0.1, 0.15) is 0 Å². The number of carbonyl (C=O) groups excluding carboxylic acids is 2. The molecule has 0 aromatic heterocycles. The van der Waals surface area contributed by atoms with E-state index in [1.54, 1.807) is 0 Å². The Kier molecular flexibility index (Phi) is 13.1. The number of hydrogen-bond donors (Lipinski definition) is 0. The summed E-state index contributed by atoms with van der Waals surface area (Å²) in [6, 6.07) is 1.48. The summed E-state index contributed by atoms with van der Waals surface area (Å²) in [5.74, 6) is 1.93. The fourth-order valence-corrected chi connectivity index (χ4v) is 9.53. The normalized spacial score (nSPS) is 32.0. The molecule has 4 saturated heterocycles. The molecule has 0 N–H and O–H groups in total. The fourth-order valence-electron chi connectivity index (χ4n) is 9.53. The Morgan fingerprint density at radius 2 is 0.952 bits per heavy atom. The quantitative estimate of drug-likeness (QED) is 0.0901. The van der Waals surface area contributed by atoms with Gasteiger partial charge in [-0.1, -0.05) is 53.4 Å². The maximum Gasteiger partial charge on any atom is 0.306 e. The predicted octanol–water partition coefficient (Wildman–Crippen LogP) is 7.28. The van der Waals surface area contributed by atoms with Crippen LogP contribution in [0.15, 0.2) is 0 Å². The molecular weight excluding hydrogens is 524 g/mol. The largest absolute Gasteiger partial charge is 0.465 e. The van der Waals surface area contributed by atoms with Crippen LogP contribution >= 0.6 is 0 Å². The Morgan fingerprint density at radius 3 is 1.33 bits per heavy atom. The minimum atomic E-state index is -0.00148. The predicted molar refractivity (Wildman–Crippen MR) is 170 cm³/mol. The van der Waals surface area contributed by atoms with Gasteiger partial charge in [-0.05, 0) is 37.5 Å². The van der Waals surface area contributed by atoms with Crippen molar-refractivity contribution in [3.63, 3.8) is 0 Å². The molecule has 42 heavy (non-hydrogen) atoms. The number of esters is 2. The van der Waals surface area contributed by atoms with Crippen molar-refractivity contribution in [2.75, 3.05) is 52.5 Å². The highest BCUT2D eigenvalue weighted by atomic mass is 16.5. The van der Waals surface area contributed by atoms with E-state index >= 15 is 0 Å². The minimum Gasteiger partial charge on any atom is -0.465 e. The summed E-state index contributed by atoms with van der Waals surface area (Å²) in [5.41, 5.74) is 0. The molecule has 6 nitrogen and oxygen atoms in total. The summed E-state index contributed by atoms with van der Waals surface area (Å²) < 4.78 is 14.1. The first-order chi connectivity index (χ1) is 20.2. The summed E-state index contributed by atoms with van der Waals surface area (Å²) in [6.07, 6.45) is 20.0. The lowest BCUT2D eigenvalue weighted by atomic mass is 9.99. The van der Waals surface area contributed by atoms with Crippen molar-refractivity contribution in [2.45, 2.75) is 143 Å². The van der Waals surface area contributed by atoms with Crippen molar-refractivity contribution in [3.8, 4) is 0 Å². The fraction of sp³-hybridized carbons (Fsp3) is 0.944. The Morgan fingerprint density at radius 1 is 0.571 bits per heavy atom. The van der Waals surface area contributed by atoms with Gasteiger partial charge in [0.2, 0.25) is 0 Å². The summed E-state index contributed by atoms with van der Waals surface area (Å²) in [5, 5.41) is 0. The van der Waals surface area contributed by atoms with Crippen molar-refractivity contribution in [2.24, 2.45) is 23.7 Å². The summed E-state index contributed by atoms with van der Waals surface area (Å²) in [7, 11) is 0. The number of ether oxygens (including phenoxy) is 2. The van der Waals surface area contributed by atoms with Gasteiger partial charge in [-0.3, -0.25) is 9.59 Å². The molecule has 242 valence electrons. The molecule has 0 radical (unpaired) electrons. The molecule has 6 heteroatoms. The van der Waals surface area contributed by atoms with Gasteiger partial charge in [-0.2, -0.15) is 0 Å². The van der Waals surface area contributed by atoms with Crippen molar-refractivity contribution in [1.82, 2.24) is 0 Å². The molecule has 2 unspecified atom stereocenters. The van der Waals surface area contributed by atoms with Gasteiger partial charge in [0.25, 0.3) is 0 Å². The van der Waals surface area contributed by atoms with Gasteiger partial charge in [0, 0.05) is 51.4 Å². The van der Waals surface area contributed by atoms with E-state index in [4.69, 9.17) is 9.47 Å². The highest BCUT2D eigenvalue weighted by molar-refractivity contribution is 5.69. The lowest BCUT2D eigenvalue weighted by Crippen LogP contribution is -2.49. The second-order valence-corrected chi connectivity index (χ2v) is 15.7. The highest BCUT2D eigenvalue weighted by Crippen LogP contribution is 2.42. The van der Waals surface area contributed by atoms with Crippen LogP contribution in [0.2, 0.25) is 0 Å². The van der Waals surface area contributed by atoms with E-state index in [0.29, 0.717) is 49.7 Å². The van der Waals surface area contributed by atoms with Gasteiger partial charge in [-0.15, -0.1) is 0 Å². The van der Waals surface area contributed by atoms with Crippen LogP contribution in [-0.2, 0) is 19.1 Å². The Labute approximate surface area is 258 Å². The van der Waals surface area contributed by atoms with Gasteiger partial charge in [0.15, 0.2) is 0 Å². The molecule has 4 aliphatic rings. The average molecular weight is 591 g/mol. The average Bonchev–Trinajstić information content (AvgIpc) is 3.67. The van der Waals surface area contributed by atoms with E-state index in [2.05, 4.69) is 27.7 Å². The standard InChI is InChI=1S/C36H66N2O4/c1-29(2)25-35(39)41-27-31-17-23-37(21-13-15-33(31)37)19-11-9-7-5-6-8-10-12-20-38-22-14-16-34(38)32(18-24-38)28-42-36(40)26-30(3)4/h29-34H,5-28H2,1-4H3/q+2/t31-,32-,33+,34+,37?,38?/m0/s1. The van der Waals surface area contributed by atoms with Crippen LogP contribution in [0.1, 0.15) is 130 Å². The molecule has 0 amide bonds. The first kappa shape index (κ1) is 33.7. The van der Waals surface area contributed by atoms with E-state index in [0.717, 1.165) is 12.1 Å². The van der Waals surface area contributed by atoms with Gasteiger partial charge < -0.3 is 18.4 Å². The molecule has 4 fully saturated rings. The second kappa shape index (κ2) is 16.3. The zero-order valence-electron chi connectivity index (χ0n) is 28.0. The van der Waals surface area contributed by atoms with Crippen LogP contribution in [0.4, 0.5) is 0 Å². The topological polar surface area (TPSA) is 52.6 Å². The molecule has 0 saturated carbocycles. The lowest BCUT2D eigenvalue weighted by molar-refractivity contribution is -0.929. The van der Waals surface area contributed by atoms with Crippen LogP contribution in [0.25, 0.3) is 0 Å². The monoisotopic (exact) mass is 591 g/mol. The van der Waals surface area contributed by atoms with Crippen LogP contribution in [-0.4, -0.2) is 85.5 Å². The SMILES string of the molecule is CC(C)CC(=O)OC[C@@H]1CC[N+]2(CCCCCCCCCC[N+]34CCC[C@@H]3[C@H](COC(=O)CC(C)C)CC4)CCC[C@H]12. The molecule has 6 atom stereocenters. The lowest BCUT2D eigenvalue weighted by Gasteiger charge is -2.36. The number of hydrogen-bond acceptors (Lipinski definition) is 4. The van der Waals surface area contributed by atoms with E-state index < -0.39 is 0 Å². The summed E-state index contributed by atoms with van der Waals surface area (Å²) in [6.45, 7) is 17.7. The second-order valence-electron chi connectivity index (χ2n) is 15.7. The summed E-state index contributed by atoms with van der Waals surface area (Å²) in [4.78, 5) is 24.2. The van der Waals surface area contributed by atoms with Gasteiger partial charge in [0.05, 0.1) is 76.4 Å². The summed E-state index contributed by atoms with van der Waals surface area (Å²) >= 11 is 0. The first-order valence-corrected chi connectivity index (χ1v) is 18.3. The molecule has 0 spiro atoms. The maximum atomic E-state index is 12.1. The molecule has 4 rings (SSSR count). The van der Waals surface area contributed by atoms with E-state index in [9.17, 15) is 9.59 Å². The van der Waals surface area contributed by atoms with E-state index in [1.165, 1.54) is 138 Å². The van der Waals surface area contributed by atoms with E-state index in [1.807, 2.05) is 0 Å². The van der Waals surface area contributed by atoms with Gasteiger partial charge >= 0.3 is 11.9 Å². The van der Waals surface area contributed by atoms with Crippen molar-refractivity contribution in [3.05, 3.63) is 0 Å². The molecule has 0 aliphatic carbocycles. The van der Waals surface area contributed by atoms with Crippen molar-refractivity contribution < 1.29 is 28.0 Å². The Bertz CT molecular complexity index is 778. The zero-order valence-corrected chi connectivity index (χ0v) is 28.0. The molecule has 4 heterocycles. The van der Waals surface area contributed by atoms with Crippen molar-refractivity contribution >= 4 is 11.9 Å². The third-order valence-corrected chi connectivity index (χ3v) is 11.6. The molecular formula is C36H66N2O4+2. The van der Waals surface area contributed by atoms with Crippen LogP contribution in [0.5, 0.6) is 0 Å². The third kappa shape index (κ3) is 9.19.